The van der Waals surface area contributed by atoms with Gasteiger partial charge in [-0.3, -0.25) is 10.2 Å². The molecule has 1 amide bonds. The summed E-state index contributed by atoms with van der Waals surface area (Å²) in [7, 11) is 1.55. The van der Waals surface area contributed by atoms with Crippen LogP contribution in [0.1, 0.15) is 11.1 Å². The molecule has 0 saturated heterocycles. The summed E-state index contributed by atoms with van der Waals surface area (Å²) in [5.74, 6) is 5.75. The van der Waals surface area contributed by atoms with Gasteiger partial charge in [0.2, 0.25) is 0 Å². The third kappa shape index (κ3) is 4.89. The molecule has 2 rings (SSSR count). The van der Waals surface area contributed by atoms with Crippen LogP contribution in [0.15, 0.2) is 42.5 Å². The van der Waals surface area contributed by atoms with Gasteiger partial charge in [-0.2, -0.15) is 0 Å². The molecule has 0 atom stereocenters. The number of rotatable bonds is 6. The highest BCUT2D eigenvalue weighted by Gasteiger charge is 2.07. The Bertz CT molecular complexity index is 763. The normalized spacial score (nSPS) is 10.7. The fourth-order valence-electron chi connectivity index (χ4n) is 1.92. The first-order chi connectivity index (χ1) is 11.5. The first-order valence-electron chi connectivity index (χ1n) is 6.97. The van der Waals surface area contributed by atoms with Gasteiger partial charge in [0, 0.05) is 6.08 Å². The molecule has 0 heterocycles. The number of halogens is 2. The number of nitrogens with one attached hydrogen (secondary N) is 1. The molecule has 0 saturated carbocycles. The maximum Gasteiger partial charge on any atom is 0.257 e. The predicted molar refractivity (Wildman–Crippen MR) is 95.2 cm³/mol. The highest BCUT2D eigenvalue weighted by molar-refractivity contribution is 6.42. The van der Waals surface area contributed by atoms with Gasteiger partial charge in [0.15, 0.2) is 11.5 Å². The van der Waals surface area contributed by atoms with E-state index in [1.165, 1.54) is 6.08 Å². The molecule has 0 aliphatic heterocycles. The van der Waals surface area contributed by atoms with Crippen molar-refractivity contribution >= 4 is 35.2 Å². The van der Waals surface area contributed by atoms with Crippen molar-refractivity contribution in [2.75, 3.05) is 7.11 Å². The van der Waals surface area contributed by atoms with Crippen LogP contribution in [0.3, 0.4) is 0 Å². The van der Waals surface area contributed by atoms with Crippen LogP contribution in [-0.2, 0) is 11.4 Å². The van der Waals surface area contributed by atoms with Crippen molar-refractivity contribution < 1.29 is 14.3 Å². The van der Waals surface area contributed by atoms with Gasteiger partial charge in [-0.15, -0.1) is 0 Å². The molecule has 0 spiro atoms. The Morgan fingerprint density at radius 2 is 1.96 bits per heavy atom. The van der Waals surface area contributed by atoms with Crippen molar-refractivity contribution in [2.24, 2.45) is 5.84 Å². The summed E-state index contributed by atoms with van der Waals surface area (Å²) in [5, 5.41) is 0.956. The van der Waals surface area contributed by atoms with E-state index < -0.39 is 5.91 Å². The molecule has 7 heteroatoms. The number of carbonyl (C=O) groups excluding carboxylic acids is 1. The number of ether oxygens (including phenoxy) is 2. The Labute approximate surface area is 149 Å². The first-order valence-corrected chi connectivity index (χ1v) is 7.72. The fourth-order valence-corrected chi connectivity index (χ4v) is 2.24. The van der Waals surface area contributed by atoms with Crippen molar-refractivity contribution in [3.8, 4) is 11.5 Å². The molecule has 3 N–H and O–H groups in total. The smallest absolute Gasteiger partial charge is 0.257 e. The Morgan fingerprint density at radius 3 is 2.62 bits per heavy atom. The molecule has 0 fully saturated rings. The number of methoxy groups -OCH3 is 1. The molecule has 0 bridgehead atoms. The van der Waals surface area contributed by atoms with Gasteiger partial charge in [-0.25, -0.2) is 5.84 Å². The largest absolute Gasteiger partial charge is 0.493 e. The number of benzene rings is 2. The summed E-state index contributed by atoms with van der Waals surface area (Å²) in [6.45, 7) is 0.295. The molecule has 0 aliphatic rings. The van der Waals surface area contributed by atoms with E-state index in [0.717, 1.165) is 11.1 Å². The Balaban J connectivity index is 2.16. The quantitative estimate of drug-likeness (QED) is 0.354. The lowest BCUT2D eigenvalue weighted by atomic mass is 10.2. The lowest BCUT2D eigenvalue weighted by Gasteiger charge is -2.12. The molecule has 0 unspecified atom stereocenters. The Kier molecular flexibility index (Phi) is 6.49. The summed E-state index contributed by atoms with van der Waals surface area (Å²) in [5.41, 5.74) is 3.66. The molecule has 126 valence electrons. The third-order valence-electron chi connectivity index (χ3n) is 3.14. The second-order valence-electron chi connectivity index (χ2n) is 4.79. The van der Waals surface area contributed by atoms with Crippen molar-refractivity contribution in [1.82, 2.24) is 5.43 Å². The SMILES string of the molecule is COc1ccc(/C=C/C(=O)NN)cc1OCc1ccc(Cl)c(Cl)c1. The van der Waals surface area contributed by atoms with Crippen molar-refractivity contribution in [1.29, 1.82) is 0 Å². The summed E-state index contributed by atoms with van der Waals surface area (Å²) in [4.78, 5) is 11.2. The summed E-state index contributed by atoms with van der Waals surface area (Å²) in [6, 6.07) is 10.6. The van der Waals surface area contributed by atoms with Crippen LogP contribution in [-0.4, -0.2) is 13.0 Å². The van der Waals surface area contributed by atoms with E-state index in [0.29, 0.717) is 28.2 Å². The van der Waals surface area contributed by atoms with Gasteiger partial charge >= 0.3 is 0 Å². The number of hydrogen-bond acceptors (Lipinski definition) is 4. The molecular weight excluding hydrogens is 351 g/mol. The molecule has 0 radical (unpaired) electrons. The zero-order valence-corrected chi connectivity index (χ0v) is 14.4. The summed E-state index contributed by atoms with van der Waals surface area (Å²) in [6.07, 6.45) is 2.94. The van der Waals surface area contributed by atoms with Crippen LogP contribution >= 0.6 is 23.2 Å². The number of carbonyl (C=O) groups is 1. The topological polar surface area (TPSA) is 73.6 Å². The van der Waals surface area contributed by atoms with E-state index in [4.69, 9.17) is 38.5 Å². The number of nitrogens with two attached hydrogens (primary N) is 1. The number of hydrogen-bond donors (Lipinski definition) is 2. The molecule has 2 aromatic rings. The third-order valence-corrected chi connectivity index (χ3v) is 3.87. The fraction of sp³-hybridized carbons (Fsp3) is 0.118. The predicted octanol–water partition coefficient (Wildman–Crippen LogP) is 3.58. The Morgan fingerprint density at radius 1 is 1.17 bits per heavy atom. The van der Waals surface area contributed by atoms with Gasteiger partial charge in [0.25, 0.3) is 5.91 Å². The monoisotopic (exact) mass is 366 g/mol. The van der Waals surface area contributed by atoms with E-state index in [-0.39, 0.29) is 0 Å². The molecule has 2 aromatic carbocycles. The van der Waals surface area contributed by atoms with Crippen LogP contribution in [0.2, 0.25) is 10.0 Å². The average Bonchev–Trinajstić information content (AvgIpc) is 2.60. The van der Waals surface area contributed by atoms with Crippen molar-refractivity contribution in [3.05, 3.63) is 63.6 Å². The lowest BCUT2D eigenvalue weighted by Crippen LogP contribution is -2.27. The molecule has 5 nitrogen and oxygen atoms in total. The van der Waals surface area contributed by atoms with Gasteiger partial charge < -0.3 is 9.47 Å². The molecule has 0 aromatic heterocycles. The van der Waals surface area contributed by atoms with E-state index >= 15 is 0 Å². The highest BCUT2D eigenvalue weighted by atomic mass is 35.5. The lowest BCUT2D eigenvalue weighted by molar-refractivity contribution is -0.116. The second-order valence-corrected chi connectivity index (χ2v) is 5.60. The number of amides is 1. The number of hydrazine groups is 1. The minimum absolute atomic E-state index is 0.295. The van der Waals surface area contributed by atoms with Crippen LogP contribution in [0.5, 0.6) is 11.5 Å². The molecule has 0 aliphatic carbocycles. The minimum Gasteiger partial charge on any atom is -0.493 e. The first kappa shape index (κ1) is 18.1. The van der Waals surface area contributed by atoms with Gasteiger partial charge in [-0.05, 0) is 41.5 Å². The maximum atomic E-state index is 11.2. The second kappa shape index (κ2) is 8.59. The van der Waals surface area contributed by atoms with Crippen LogP contribution in [0.25, 0.3) is 6.08 Å². The minimum atomic E-state index is -0.399. The van der Waals surface area contributed by atoms with Crippen LogP contribution in [0, 0.1) is 0 Å². The highest BCUT2D eigenvalue weighted by Crippen LogP contribution is 2.30. The van der Waals surface area contributed by atoms with E-state index in [1.54, 1.807) is 43.5 Å². The molecule has 24 heavy (non-hydrogen) atoms. The van der Waals surface area contributed by atoms with Gasteiger partial charge in [0.1, 0.15) is 6.61 Å². The van der Waals surface area contributed by atoms with Crippen molar-refractivity contribution in [3.63, 3.8) is 0 Å². The summed E-state index contributed by atoms with van der Waals surface area (Å²) >= 11 is 11.9. The zero-order valence-electron chi connectivity index (χ0n) is 12.9. The zero-order chi connectivity index (χ0) is 17.5. The summed E-state index contributed by atoms with van der Waals surface area (Å²) < 4.78 is 11.1. The van der Waals surface area contributed by atoms with E-state index in [2.05, 4.69) is 0 Å². The van der Waals surface area contributed by atoms with E-state index in [1.807, 2.05) is 11.5 Å². The van der Waals surface area contributed by atoms with E-state index in [9.17, 15) is 4.79 Å². The van der Waals surface area contributed by atoms with Crippen molar-refractivity contribution in [2.45, 2.75) is 6.61 Å². The molecular formula is C17H16Cl2N2O3. The van der Waals surface area contributed by atoms with Crippen LogP contribution < -0.4 is 20.7 Å². The van der Waals surface area contributed by atoms with Gasteiger partial charge in [0.05, 0.1) is 17.2 Å². The Hall–Kier alpha value is -2.21. The van der Waals surface area contributed by atoms with Crippen LogP contribution in [0.4, 0.5) is 0 Å². The maximum absolute atomic E-state index is 11.2. The standard InChI is InChI=1S/C17H16Cl2N2O3/c1-23-15-6-3-11(4-7-17(22)21-20)9-16(15)24-10-12-2-5-13(18)14(19)8-12/h2-9H,10,20H2,1H3,(H,21,22)/b7-4+. The van der Waals surface area contributed by atoms with Gasteiger partial charge in [-0.1, -0.05) is 35.3 Å². The average molecular weight is 367 g/mol.